The van der Waals surface area contributed by atoms with Crippen molar-refractivity contribution in [2.24, 2.45) is 0 Å². The zero-order valence-corrected chi connectivity index (χ0v) is 10.2. The van der Waals surface area contributed by atoms with Gasteiger partial charge < -0.3 is 24.5 Å². The van der Waals surface area contributed by atoms with Crippen LogP contribution < -0.4 is 10.2 Å². The summed E-state index contributed by atoms with van der Waals surface area (Å²) in [6.45, 7) is -0.633. The van der Waals surface area contributed by atoms with Crippen LogP contribution in [0.25, 0.3) is 21.9 Å². The van der Waals surface area contributed by atoms with Gasteiger partial charge in [0, 0.05) is 18.2 Å². The third kappa shape index (κ3) is 1.83. The number of aliphatic hydroxyl groups excluding tert-OH is 1. The molecule has 0 aliphatic carbocycles. The first kappa shape index (κ1) is 12.3. The first-order valence-electron chi connectivity index (χ1n) is 5.76. The van der Waals surface area contributed by atoms with E-state index in [1.54, 1.807) is 0 Å². The first-order valence-corrected chi connectivity index (χ1v) is 5.76. The van der Waals surface area contributed by atoms with Gasteiger partial charge in [0.15, 0.2) is 6.79 Å². The first-order chi connectivity index (χ1) is 9.60. The van der Waals surface area contributed by atoms with Crippen molar-refractivity contribution < 1.29 is 24.5 Å². The fourth-order valence-corrected chi connectivity index (χ4v) is 2.10. The van der Waals surface area contributed by atoms with Gasteiger partial charge in [0.25, 0.3) is 0 Å². The molecular weight excluding hydrogens is 264 g/mol. The molecule has 0 saturated heterocycles. The number of hydrogen-bond donors (Lipinski definition) is 3. The molecule has 0 radical (unpaired) electrons. The molecule has 0 unspecified atom stereocenters. The highest BCUT2D eigenvalue weighted by Gasteiger charge is 2.14. The summed E-state index contributed by atoms with van der Waals surface area (Å²) in [5.74, 6) is -0.165. The molecular formula is C14H10O6. The molecule has 3 N–H and O–H groups in total. The van der Waals surface area contributed by atoms with E-state index in [0.717, 1.165) is 0 Å². The number of aromatic hydroxyl groups is 2. The Hall–Kier alpha value is -2.73. The van der Waals surface area contributed by atoms with E-state index in [1.807, 2.05) is 0 Å². The Morgan fingerprint density at radius 1 is 1.05 bits per heavy atom. The third-order valence-corrected chi connectivity index (χ3v) is 2.93. The molecule has 6 heteroatoms. The molecule has 2 aromatic carbocycles. The lowest BCUT2D eigenvalue weighted by Crippen LogP contribution is -2.05. The van der Waals surface area contributed by atoms with Crippen LogP contribution in [0.1, 0.15) is 0 Å². The zero-order chi connectivity index (χ0) is 14.3. The van der Waals surface area contributed by atoms with Crippen molar-refractivity contribution in [3.63, 3.8) is 0 Å². The Labute approximate surface area is 112 Å². The average Bonchev–Trinajstić information content (AvgIpc) is 2.37. The summed E-state index contributed by atoms with van der Waals surface area (Å²) in [5.41, 5.74) is -0.0655. The molecule has 0 amide bonds. The van der Waals surface area contributed by atoms with Gasteiger partial charge in [0.2, 0.25) is 5.43 Å². The normalized spacial score (nSPS) is 11.1. The van der Waals surface area contributed by atoms with Crippen LogP contribution in [0, 0.1) is 0 Å². The quantitative estimate of drug-likeness (QED) is 0.485. The highest BCUT2D eigenvalue weighted by Crippen LogP contribution is 2.31. The van der Waals surface area contributed by atoms with Crippen molar-refractivity contribution >= 4 is 21.9 Å². The Kier molecular flexibility index (Phi) is 2.73. The van der Waals surface area contributed by atoms with E-state index in [2.05, 4.69) is 0 Å². The van der Waals surface area contributed by atoms with E-state index in [9.17, 15) is 15.0 Å². The van der Waals surface area contributed by atoms with Crippen LogP contribution in [0.4, 0.5) is 0 Å². The summed E-state index contributed by atoms with van der Waals surface area (Å²) in [6.07, 6.45) is 0. The van der Waals surface area contributed by atoms with Crippen molar-refractivity contribution in [2.75, 3.05) is 6.79 Å². The number of ether oxygens (including phenoxy) is 1. The zero-order valence-electron chi connectivity index (χ0n) is 10.2. The number of benzene rings is 2. The molecule has 0 bridgehead atoms. The second-order valence-corrected chi connectivity index (χ2v) is 4.20. The standard InChI is InChI=1S/C14H10O6/c15-6-19-11-4-8(17)5-12-13(11)14(18)9-2-1-7(16)3-10(9)20-12/h1-5,15-17H,6H2. The van der Waals surface area contributed by atoms with Crippen LogP contribution in [-0.4, -0.2) is 22.1 Å². The molecule has 0 atom stereocenters. The summed E-state index contributed by atoms with van der Waals surface area (Å²) in [7, 11) is 0. The fraction of sp³-hybridized carbons (Fsp3) is 0.0714. The van der Waals surface area contributed by atoms with Crippen LogP contribution in [0.15, 0.2) is 39.5 Å². The summed E-state index contributed by atoms with van der Waals surface area (Å²) in [5, 5.41) is 28.2. The van der Waals surface area contributed by atoms with E-state index in [-0.39, 0.29) is 44.6 Å². The van der Waals surface area contributed by atoms with Crippen molar-refractivity contribution in [2.45, 2.75) is 0 Å². The topological polar surface area (TPSA) is 100 Å². The average molecular weight is 274 g/mol. The fourth-order valence-electron chi connectivity index (χ4n) is 2.10. The summed E-state index contributed by atoms with van der Waals surface area (Å²) in [6, 6.07) is 6.61. The van der Waals surface area contributed by atoms with Gasteiger partial charge in [-0.1, -0.05) is 0 Å². The van der Waals surface area contributed by atoms with E-state index in [4.69, 9.17) is 14.3 Å². The van der Waals surface area contributed by atoms with Gasteiger partial charge in [-0.15, -0.1) is 0 Å². The molecule has 102 valence electrons. The van der Waals surface area contributed by atoms with Gasteiger partial charge in [-0.05, 0) is 12.1 Å². The number of rotatable bonds is 2. The van der Waals surface area contributed by atoms with E-state index in [0.29, 0.717) is 0 Å². The molecule has 3 rings (SSSR count). The number of phenolic OH excluding ortho intramolecular Hbond substituents is 2. The molecule has 0 fully saturated rings. The minimum Gasteiger partial charge on any atom is -0.508 e. The third-order valence-electron chi connectivity index (χ3n) is 2.93. The molecule has 6 nitrogen and oxygen atoms in total. The lowest BCUT2D eigenvalue weighted by atomic mass is 10.1. The maximum atomic E-state index is 12.4. The largest absolute Gasteiger partial charge is 0.508 e. The molecule has 0 saturated carbocycles. The maximum absolute atomic E-state index is 12.4. The second-order valence-electron chi connectivity index (χ2n) is 4.20. The Morgan fingerprint density at radius 3 is 2.55 bits per heavy atom. The summed E-state index contributed by atoms with van der Waals surface area (Å²) < 4.78 is 10.4. The maximum Gasteiger partial charge on any atom is 0.204 e. The molecule has 20 heavy (non-hydrogen) atoms. The second kappa shape index (κ2) is 4.43. The highest BCUT2D eigenvalue weighted by molar-refractivity contribution is 5.94. The van der Waals surface area contributed by atoms with Gasteiger partial charge in [-0.3, -0.25) is 4.79 Å². The van der Waals surface area contributed by atoms with Crippen LogP contribution in [0.2, 0.25) is 0 Å². The number of fused-ring (bicyclic) bond motifs is 2. The van der Waals surface area contributed by atoms with Gasteiger partial charge >= 0.3 is 0 Å². The van der Waals surface area contributed by atoms with E-state index in [1.165, 1.54) is 30.3 Å². The SMILES string of the molecule is O=c1c2ccc(O)cc2oc2cc(O)cc(OCO)c12. The van der Waals surface area contributed by atoms with Crippen LogP contribution in [0.3, 0.4) is 0 Å². The number of hydrogen-bond acceptors (Lipinski definition) is 6. The molecule has 0 aliphatic rings. The predicted octanol–water partition coefficient (Wildman–Crippen LogP) is 1.69. The van der Waals surface area contributed by atoms with Crippen molar-refractivity contribution in [1.82, 2.24) is 0 Å². The predicted molar refractivity (Wildman–Crippen MR) is 71.0 cm³/mol. The summed E-state index contributed by atoms with van der Waals surface area (Å²) in [4.78, 5) is 12.4. The van der Waals surface area contributed by atoms with Crippen LogP contribution >= 0.6 is 0 Å². The van der Waals surface area contributed by atoms with Gasteiger partial charge in [0.05, 0.1) is 5.39 Å². The Morgan fingerprint density at radius 2 is 1.80 bits per heavy atom. The van der Waals surface area contributed by atoms with Gasteiger partial charge in [-0.25, -0.2) is 0 Å². The number of phenols is 2. The molecule has 0 spiro atoms. The molecule has 1 heterocycles. The molecule has 3 aromatic rings. The molecule has 1 aromatic heterocycles. The minimum absolute atomic E-state index is 0.0335. The Balaban J connectivity index is 2.49. The lowest BCUT2D eigenvalue weighted by molar-refractivity contribution is 0.0997. The molecule has 0 aliphatic heterocycles. The highest BCUT2D eigenvalue weighted by atomic mass is 16.6. The smallest absolute Gasteiger partial charge is 0.204 e. The van der Waals surface area contributed by atoms with Crippen LogP contribution in [0.5, 0.6) is 17.2 Å². The number of aliphatic hydroxyl groups is 1. The van der Waals surface area contributed by atoms with Crippen molar-refractivity contribution in [3.8, 4) is 17.2 Å². The lowest BCUT2D eigenvalue weighted by Gasteiger charge is -2.08. The van der Waals surface area contributed by atoms with E-state index < -0.39 is 6.79 Å². The van der Waals surface area contributed by atoms with E-state index >= 15 is 0 Å². The van der Waals surface area contributed by atoms with Crippen molar-refractivity contribution in [1.29, 1.82) is 0 Å². The van der Waals surface area contributed by atoms with Crippen molar-refractivity contribution in [3.05, 3.63) is 40.6 Å². The Bertz CT molecular complexity index is 865. The van der Waals surface area contributed by atoms with Crippen LogP contribution in [-0.2, 0) is 0 Å². The van der Waals surface area contributed by atoms with Gasteiger partial charge in [0.1, 0.15) is 33.8 Å². The minimum atomic E-state index is -0.633. The monoisotopic (exact) mass is 274 g/mol. The summed E-state index contributed by atoms with van der Waals surface area (Å²) >= 11 is 0. The van der Waals surface area contributed by atoms with Gasteiger partial charge in [-0.2, -0.15) is 0 Å².